The number of amides is 1. The molecule has 18 heavy (non-hydrogen) atoms. The summed E-state index contributed by atoms with van der Waals surface area (Å²) in [6, 6.07) is 7.77. The normalized spacial score (nSPS) is 13.7. The molecule has 0 bridgehead atoms. The second-order valence-electron chi connectivity index (χ2n) is 4.67. The van der Waals surface area contributed by atoms with E-state index >= 15 is 0 Å². The van der Waals surface area contributed by atoms with Crippen molar-refractivity contribution in [3.05, 3.63) is 48.0 Å². The lowest BCUT2D eigenvalue weighted by molar-refractivity contribution is -0.122. The number of carbonyl (C=O) groups excluding carboxylic acids is 1. The van der Waals surface area contributed by atoms with Crippen LogP contribution in [-0.4, -0.2) is 18.0 Å². The first-order valence-electron chi connectivity index (χ1n) is 6.26. The number of rotatable bonds is 6. The molecular formula is C15H22N2O. The van der Waals surface area contributed by atoms with E-state index in [2.05, 4.69) is 31.0 Å². The lowest BCUT2D eigenvalue weighted by atomic mass is 10.0. The fourth-order valence-electron chi connectivity index (χ4n) is 1.86. The van der Waals surface area contributed by atoms with Gasteiger partial charge in [-0.1, -0.05) is 30.3 Å². The fourth-order valence-corrected chi connectivity index (χ4v) is 1.86. The number of benzene rings is 1. The molecule has 0 aliphatic heterocycles. The quantitative estimate of drug-likeness (QED) is 0.754. The molecule has 0 aromatic heterocycles. The summed E-state index contributed by atoms with van der Waals surface area (Å²) in [5.41, 5.74) is 8.21. The first kappa shape index (κ1) is 14.5. The summed E-state index contributed by atoms with van der Waals surface area (Å²) in [5.74, 6) is -0.115. The largest absolute Gasteiger partial charge is 0.352 e. The van der Waals surface area contributed by atoms with E-state index in [1.165, 1.54) is 11.1 Å². The second kappa shape index (κ2) is 6.97. The molecular weight excluding hydrogens is 224 g/mol. The molecule has 1 aromatic carbocycles. The van der Waals surface area contributed by atoms with Gasteiger partial charge in [-0.05, 0) is 37.8 Å². The van der Waals surface area contributed by atoms with Gasteiger partial charge in [-0.2, -0.15) is 0 Å². The van der Waals surface area contributed by atoms with E-state index < -0.39 is 6.04 Å². The van der Waals surface area contributed by atoms with Crippen molar-refractivity contribution < 1.29 is 4.79 Å². The minimum Gasteiger partial charge on any atom is -0.352 e. The average Bonchev–Trinajstić information content (AvgIpc) is 2.32. The molecule has 0 radical (unpaired) electrons. The van der Waals surface area contributed by atoms with Gasteiger partial charge in [0.25, 0.3) is 0 Å². The molecule has 1 amide bonds. The monoisotopic (exact) mass is 246 g/mol. The Balaban J connectivity index is 2.51. The molecule has 0 heterocycles. The molecule has 0 saturated carbocycles. The van der Waals surface area contributed by atoms with Crippen LogP contribution < -0.4 is 11.1 Å². The molecule has 1 rings (SSSR count). The molecule has 3 nitrogen and oxygen atoms in total. The van der Waals surface area contributed by atoms with Crippen molar-refractivity contribution >= 4 is 5.91 Å². The minimum absolute atomic E-state index is 0.0782. The van der Waals surface area contributed by atoms with Gasteiger partial charge in [-0.3, -0.25) is 4.79 Å². The van der Waals surface area contributed by atoms with Crippen LogP contribution in [0.4, 0.5) is 0 Å². The first-order valence-corrected chi connectivity index (χ1v) is 6.26. The highest BCUT2D eigenvalue weighted by molar-refractivity contribution is 5.81. The van der Waals surface area contributed by atoms with Crippen LogP contribution in [0.15, 0.2) is 36.9 Å². The van der Waals surface area contributed by atoms with E-state index in [9.17, 15) is 4.79 Å². The van der Waals surface area contributed by atoms with Crippen LogP contribution in [0.5, 0.6) is 0 Å². The number of carbonyl (C=O) groups is 1. The van der Waals surface area contributed by atoms with E-state index in [4.69, 9.17) is 5.73 Å². The van der Waals surface area contributed by atoms with Crippen molar-refractivity contribution in [2.24, 2.45) is 5.73 Å². The Morgan fingerprint density at radius 1 is 1.50 bits per heavy atom. The number of nitrogens with one attached hydrogen (secondary N) is 1. The molecule has 3 N–H and O–H groups in total. The predicted molar refractivity (Wildman–Crippen MR) is 75.3 cm³/mol. The van der Waals surface area contributed by atoms with Crippen LogP contribution in [0, 0.1) is 6.92 Å². The van der Waals surface area contributed by atoms with Gasteiger partial charge >= 0.3 is 0 Å². The Morgan fingerprint density at radius 2 is 2.17 bits per heavy atom. The average molecular weight is 246 g/mol. The number of aryl methyl sites for hydroxylation is 1. The van der Waals surface area contributed by atoms with E-state index in [1.54, 1.807) is 6.08 Å². The molecule has 1 aromatic rings. The Kier molecular flexibility index (Phi) is 5.59. The summed E-state index contributed by atoms with van der Waals surface area (Å²) < 4.78 is 0. The smallest absolute Gasteiger partial charge is 0.237 e. The minimum atomic E-state index is -0.498. The molecule has 2 unspecified atom stereocenters. The summed E-state index contributed by atoms with van der Waals surface area (Å²) in [6.45, 7) is 7.65. The fraction of sp³-hybridized carbons (Fsp3) is 0.400. The highest BCUT2D eigenvalue weighted by Crippen LogP contribution is 2.09. The van der Waals surface area contributed by atoms with Crippen LogP contribution in [0.3, 0.4) is 0 Å². The van der Waals surface area contributed by atoms with Crippen molar-refractivity contribution in [2.45, 2.75) is 38.8 Å². The molecule has 0 aliphatic rings. The summed E-state index contributed by atoms with van der Waals surface area (Å²) in [5, 5.41) is 2.93. The maximum absolute atomic E-state index is 11.7. The van der Waals surface area contributed by atoms with Crippen molar-refractivity contribution in [3.63, 3.8) is 0 Å². The van der Waals surface area contributed by atoms with E-state index in [0.717, 1.165) is 6.42 Å². The third kappa shape index (κ3) is 4.34. The van der Waals surface area contributed by atoms with Crippen LogP contribution in [0.25, 0.3) is 0 Å². The Morgan fingerprint density at radius 3 is 2.78 bits per heavy atom. The topological polar surface area (TPSA) is 55.1 Å². The van der Waals surface area contributed by atoms with Gasteiger partial charge in [-0.15, -0.1) is 6.58 Å². The molecule has 0 spiro atoms. The zero-order valence-corrected chi connectivity index (χ0v) is 11.1. The Labute approximate surface area is 109 Å². The van der Waals surface area contributed by atoms with Crippen LogP contribution in [0.2, 0.25) is 0 Å². The maximum atomic E-state index is 11.7. The summed E-state index contributed by atoms with van der Waals surface area (Å²) >= 11 is 0. The summed E-state index contributed by atoms with van der Waals surface area (Å²) in [4.78, 5) is 11.7. The van der Waals surface area contributed by atoms with Crippen molar-refractivity contribution in [3.8, 4) is 0 Å². The van der Waals surface area contributed by atoms with E-state index in [1.807, 2.05) is 19.1 Å². The molecule has 2 atom stereocenters. The highest BCUT2D eigenvalue weighted by Gasteiger charge is 2.14. The molecule has 3 heteroatoms. The molecule has 0 aliphatic carbocycles. The van der Waals surface area contributed by atoms with Crippen molar-refractivity contribution in [1.29, 1.82) is 0 Å². The van der Waals surface area contributed by atoms with Crippen molar-refractivity contribution in [2.75, 3.05) is 0 Å². The number of nitrogens with two attached hydrogens (primary N) is 1. The van der Waals surface area contributed by atoms with Crippen LogP contribution in [0.1, 0.15) is 24.5 Å². The predicted octanol–water partition coefficient (Wildman–Crippen LogP) is 1.95. The van der Waals surface area contributed by atoms with Gasteiger partial charge in [0.2, 0.25) is 5.91 Å². The van der Waals surface area contributed by atoms with Crippen LogP contribution in [-0.2, 0) is 11.2 Å². The zero-order valence-electron chi connectivity index (χ0n) is 11.1. The summed E-state index contributed by atoms with van der Waals surface area (Å²) in [6.07, 6.45) is 2.98. The van der Waals surface area contributed by atoms with Gasteiger partial charge in [-0.25, -0.2) is 0 Å². The zero-order chi connectivity index (χ0) is 13.5. The SMILES string of the molecule is C=CCC(N)C(=O)NC(C)Cc1ccccc1C. The standard InChI is InChI=1S/C15H22N2O/c1-4-7-14(16)15(18)17-12(3)10-13-9-6-5-8-11(13)2/h4-6,8-9,12,14H,1,7,10,16H2,2-3H3,(H,17,18). The lowest BCUT2D eigenvalue weighted by Gasteiger charge is -2.17. The lowest BCUT2D eigenvalue weighted by Crippen LogP contribution is -2.44. The van der Waals surface area contributed by atoms with E-state index in [-0.39, 0.29) is 11.9 Å². The second-order valence-corrected chi connectivity index (χ2v) is 4.67. The van der Waals surface area contributed by atoms with Gasteiger partial charge in [0.1, 0.15) is 0 Å². The van der Waals surface area contributed by atoms with Gasteiger partial charge < -0.3 is 11.1 Å². The Hall–Kier alpha value is -1.61. The van der Waals surface area contributed by atoms with Crippen LogP contribution >= 0.6 is 0 Å². The van der Waals surface area contributed by atoms with Gasteiger partial charge in [0.05, 0.1) is 6.04 Å². The highest BCUT2D eigenvalue weighted by atomic mass is 16.2. The molecule has 0 saturated heterocycles. The van der Waals surface area contributed by atoms with Crippen molar-refractivity contribution in [1.82, 2.24) is 5.32 Å². The van der Waals surface area contributed by atoms with Gasteiger partial charge in [0.15, 0.2) is 0 Å². The summed E-state index contributed by atoms with van der Waals surface area (Å²) in [7, 11) is 0. The molecule has 0 fully saturated rings. The Bertz CT molecular complexity index is 415. The third-order valence-corrected chi connectivity index (χ3v) is 2.93. The van der Waals surface area contributed by atoms with Gasteiger partial charge in [0, 0.05) is 6.04 Å². The first-order chi connectivity index (χ1) is 8.54. The number of hydrogen-bond acceptors (Lipinski definition) is 2. The van der Waals surface area contributed by atoms with E-state index in [0.29, 0.717) is 6.42 Å². The number of hydrogen-bond donors (Lipinski definition) is 2. The molecule has 98 valence electrons. The third-order valence-electron chi connectivity index (χ3n) is 2.93. The maximum Gasteiger partial charge on any atom is 0.237 e.